The smallest absolute Gasteiger partial charge is 0.0351 e. The fourth-order valence-corrected chi connectivity index (χ4v) is 2.49. The summed E-state index contributed by atoms with van der Waals surface area (Å²) in [6, 6.07) is 13.6. The van der Waals surface area contributed by atoms with Gasteiger partial charge in [0.2, 0.25) is 0 Å². The molecule has 0 aliphatic heterocycles. The van der Waals surface area contributed by atoms with Crippen LogP contribution in [0.1, 0.15) is 35.6 Å². The van der Waals surface area contributed by atoms with Gasteiger partial charge in [0.25, 0.3) is 0 Å². The van der Waals surface area contributed by atoms with Crippen LogP contribution < -0.4 is 5.32 Å². The fraction of sp³-hybridized carbons (Fsp3) is 0.353. The number of hydrogen-bond acceptors (Lipinski definition) is 2. The largest absolute Gasteiger partial charge is 0.306 e. The van der Waals surface area contributed by atoms with Crippen molar-refractivity contribution in [2.24, 2.45) is 5.92 Å². The zero-order valence-corrected chi connectivity index (χ0v) is 11.3. The number of benzene rings is 1. The zero-order chi connectivity index (χ0) is 13.1. The summed E-state index contributed by atoms with van der Waals surface area (Å²) in [4.78, 5) is 4.06. The molecule has 1 saturated carbocycles. The Morgan fingerprint density at radius 3 is 2.42 bits per heavy atom. The molecule has 1 aliphatic rings. The van der Waals surface area contributed by atoms with Crippen molar-refractivity contribution in [1.82, 2.24) is 10.3 Å². The maximum atomic E-state index is 4.06. The monoisotopic (exact) mass is 252 g/mol. The molecule has 98 valence electrons. The molecular formula is C17H20N2. The first-order valence-corrected chi connectivity index (χ1v) is 7.02. The topological polar surface area (TPSA) is 24.9 Å². The molecule has 1 aromatic carbocycles. The van der Waals surface area contributed by atoms with Gasteiger partial charge in [-0.25, -0.2) is 0 Å². The quantitative estimate of drug-likeness (QED) is 0.879. The Morgan fingerprint density at radius 1 is 1.11 bits per heavy atom. The third-order valence-corrected chi connectivity index (χ3v) is 3.81. The molecule has 1 heterocycles. The number of nitrogens with one attached hydrogen (secondary N) is 1. The number of aryl methyl sites for hydroxylation is 1. The van der Waals surface area contributed by atoms with E-state index in [-0.39, 0.29) is 0 Å². The molecule has 1 fully saturated rings. The molecule has 0 amide bonds. The Morgan fingerprint density at radius 2 is 1.79 bits per heavy atom. The van der Waals surface area contributed by atoms with Gasteiger partial charge in [-0.1, -0.05) is 29.8 Å². The van der Waals surface area contributed by atoms with Gasteiger partial charge in [-0.2, -0.15) is 0 Å². The minimum atomic E-state index is 0.494. The van der Waals surface area contributed by atoms with Crippen molar-refractivity contribution in [3.05, 3.63) is 65.5 Å². The lowest BCUT2D eigenvalue weighted by Gasteiger charge is -2.19. The normalized spacial score (nSPS) is 16.3. The Hall–Kier alpha value is -1.67. The Bertz CT molecular complexity index is 515. The summed E-state index contributed by atoms with van der Waals surface area (Å²) < 4.78 is 0. The van der Waals surface area contributed by atoms with E-state index < -0.39 is 0 Å². The maximum absolute atomic E-state index is 4.06. The van der Waals surface area contributed by atoms with Gasteiger partial charge in [0.05, 0.1) is 0 Å². The maximum Gasteiger partial charge on any atom is 0.0351 e. The highest BCUT2D eigenvalue weighted by molar-refractivity contribution is 5.26. The van der Waals surface area contributed by atoms with Crippen LogP contribution in [0, 0.1) is 12.8 Å². The predicted octanol–water partition coefficient (Wildman–Crippen LogP) is 3.63. The molecule has 0 saturated heterocycles. The van der Waals surface area contributed by atoms with Crippen LogP contribution in [0.5, 0.6) is 0 Å². The van der Waals surface area contributed by atoms with Crippen LogP contribution in [0.15, 0.2) is 48.8 Å². The number of nitrogens with zero attached hydrogens (tertiary/aromatic N) is 1. The summed E-state index contributed by atoms with van der Waals surface area (Å²) in [6.07, 6.45) is 6.41. The predicted molar refractivity (Wildman–Crippen MR) is 77.7 cm³/mol. The summed E-state index contributed by atoms with van der Waals surface area (Å²) in [5.74, 6) is 0.810. The van der Waals surface area contributed by atoms with Crippen molar-refractivity contribution in [3.8, 4) is 0 Å². The highest BCUT2D eigenvalue weighted by Crippen LogP contribution is 2.41. The molecule has 1 unspecified atom stereocenters. The average molecular weight is 252 g/mol. The molecule has 2 aromatic rings. The standard InChI is InChI=1S/C17H20N2/c1-13-2-4-15(5-3-13)17(16-6-7-16)19-12-14-8-10-18-11-9-14/h2-5,8-11,16-17,19H,6-7,12H2,1H3. The molecule has 1 atom stereocenters. The van der Waals surface area contributed by atoms with Crippen LogP contribution in [0.25, 0.3) is 0 Å². The molecule has 0 radical (unpaired) electrons. The van der Waals surface area contributed by atoms with Crippen molar-refractivity contribution in [3.63, 3.8) is 0 Å². The highest BCUT2D eigenvalue weighted by Gasteiger charge is 2.31. The van der Waals surface area contributed by atoms with E-state index in [0.717, 1.165) is 12.5 Å². The van der Waals surface area contributed by atoms with Gasteiger partial charge in [-0.15, -0.1) is 0 Å². The van der Waals surface area contributed by atoms with Gasteiger partial charge in [-0.3, -0.25) is 4.98 Å². The van der Waals surface area contributed by atoms with E-state index in [2.05, 4.69) is 53.6 Å². The third-order valence-electron chi connectivity index (χ3n) is 3.81. The summed E-state index contributed by atoms with van der Waals surface area (Å²) in [5.41, 5.74) is 4.04. The lowest BCUT2D eigenvalue weighted by molar-refractivity contribution is 0.480. The molecule has 1 aliphatic carbocycles. The van der Waals surface area contributed by atoms with Gasteiger partial charge in [0, 0.05) is 25.0 Å². The van der Waals surface area contributed by atoms with E-state index in [1.807, 2.05) is 12.4 Å². The molecule has 1 N–H and O–H groups in total. The lowest BCUT2D eigenvalue weighted by atomic mass is 10.0. The second-order valence-corrected chi connectivity index (χ2v) is 5.46. The minimum Gasteiger partial charge on any atom is -0.306 e. The van der Waals surface area contributed by atoms with E-state index in [9.17, 15) is 0 Å². The zero-order valence-electron chi connectivity index (χ0n) is 11.3. The van der Waals surface area contributed by atoms with Crippen LogP contribution in [-0.2, 0) is 6.54 Å². The van der Waals surface area contributed by atoms with Crippen molar-refractivity contribution < 1.29 is 0 Å². The van der Waals surface area contributed by atoms with Crippen LogP contribution in [-0.4, -0.2) is 4.98 Å². The van der Waals surface area contributed by atoms with Crippen molar-refractivity contribution in [2.75, 3.05) is 0 Å². The summed E-state index contributed by atoms with van der Waals surface area (Å²) in [7, 11) is 0. The average Bonchev–Trinajstić information content (AvgIpc) is 3.27. The Labute approximate surface area is 114 Å². The molecule has 2 nitrogen and oxygen atoms in total. The summed E-state index contributed by atoms with van der Waals surface area (Å²) >= 11 is 0. The number of hydrogen-bond donors (Lipinski definition) is 1. The molecule has 0 spiro atoms. The van der Waals surface area contributed by atoms with E-state index in [4.69, 9.17) is 0 Å². The minimum absolute atomic E-state index is 0.494. The molecular weight excluding hydrogens is 232 g/mol. The second-order valence-electron chi connectivity index (χ2n) is 5.46. The van der Waals surface area contributed by atoms with Gasteiger partial charge in [0.1, 0.15) is 0 Å². The van der Waals surface area contributed by atoms with Gasteiger partial charge < -0.3 is 5.32 Å². The Balaban J connectivity index is 1.69. The molecule has 3 rings (SSSR count). The van der Waals surface area contributed by atoms with Crippen LogP contribution in [0.4, 0.5) is 0 Å². The van der Waals surface area contributed by atoms with E-state index in [1.54, 1.807) is 0 Å². The number of aromatic nitrogens is 1. The first-order valence-electron chi connectivity index (χ1n) is 7.02. The van der Waals surface area contributed by atoms with Gasteiger partial charge in [-0.05, 0) is 48.9 Å². The highest BCUT2D eigenvalue weighted by atomic mass is 14.9. The molecule has 19 heavy (non-hydrogen) atoms. The van der Waals surface area contributed by atoms with Crippen molar-refractivity contribution in [2.45, 2.75) is 32.4 Å². The van der Waals surface area contributed by atoms with E-state index in [0.29, 0.717) is 6.04 Å². The third kappa shape index (κ3) is 3.21. The Kier molecular flexibility index (Phi) is 3.60. The molecule has 1 aromatic heterocycles. The number of rotatable bonds is 5. The first kappa shape index (κ1) is 12.4. The SMILES string of the molecule is Cc1ccc(C(NCc2ccncc2)C2CC2)cc1. The first-order chi connectivity index (χ1) is 9.33. The van der Waals surface area contributed by atoms with Crippen LogP contribution in [0.3, 0.4) is 0 Å². The molecule has 2 heteroatoms. The van der Waals surface area contributed by atoms with Crippen LogP contribution in [0.2, 0.25) is 0 Å². The van der Waals surface area contributed by atoms with Crippen molar-refractivity contribution >= 4 is 0 Å². The van der Waals surface area contributed by atoms with Crippen molar-refractivity contribution in [1.29, 1.82) is 0 Å². The molecule has 0 bridgehead atoms. The number of pyridine rings is 1. The van der Waals surface area contributed by atoms with Gasteiger partial charge >= 0.3 is 0 Å². The van der Waals surface area contributed by atoms with Crippen LogP contribution >= 0.6 is 0 Å². The van der Waals surface area contributed by atoms with Gasteiger partial charge in [0.15, 0.2) is 0 Å². The van der Waals surface area contributed by atoms with E-state index in [1.165, 1.54) is 29.5 Å². The van der Waals surface area contributed by atoms with E-state index >= 15 is 0 Å². The fourth-order valence-electron chi connectivity index (χ4n) is 2.49. The summed E-state index contributed by atoms with van der Waals surface area (Å²) in [6.45, 7) is 3.05. The second kappa shape index (κ2) is 5.54. The summed E-state index contributed by atoms with van der Waals surface area (Å²) in [5, 5.41) is 3.71. The lowest BCUT2D eigenvalue weighted by Crippen LogP contribution is -2.22.